The van der Waals surface area contributed by atoms with Gasteiger partial charge in [0.15, 0.2) is 18.1 Å². The van der Waals surface area contributed by atoms with Crippen LogP contribution in [0.2, 0.25) is 0 Å². The highest BCUT2D eigenvalue weighted by molar-refractivity contribution is 6.31. The van der Waals surface area contributed by atoms with Gasteiger partial charge in [0, 0.05) is 5.69 Å². The van der Waals surface area contributed by atoms with E-state index in [0.717, 1.165) is 5.56 Å². The maximum atomic E-state index is 12.9. The third kappa shape index (κ3) is 5.30. The molecule has 2 N–H and O–H groups in total. The summed E-state index contributed by atoms with van der Waals surface area (Å²) >= 11 is 0. The first kappa shape index (κ1) is 24.3. The van der Waals surface area contributed by atoms with Crippen molar-refractivity contribution in [2.75, 3.05) is 31.2 Å². The number of aryl methyl sites for hydroxylation is 1. The molecule has 0 spiro atoms. The minimum absolute atomic E-state index is 0.0471. The van der Waals surface area contributed by atoms with Crippen LogP contribution in [0, 0.1) is 6.92 Å². The van der Waals surface area contributed by atoms with Crippen molar-refractivity contribution in [2.24, 2.45) is 0 Å². The first-order valence-corrected chi connectivity index (χ1v) is 11.1. The quantitative estimate of drug-likeness (QED) is 0.372. The molecule has 3 amide bonds. The van der Waals surface area contributed by atoms with E-state index in [-0.39, 0.29) is 35.3 Å². The fourth-order valence-electron chi connectivity index (χ4n) is 3.58. The summed E-state index contributed by atoms with van der Waals surface area (Å²) in [5.41, 5.74) is 5.27. The SMILES string of the molecule is COc1cc(/C=C2/C(=O)NN(c3ccccc3)C2=O)cc(OC)c1OCC(=O)Nc1ccc(C)cc1. The fraction of sp³-hybridized carbons (Fsp3) is 0.148. The van der Waals surface area contributed by atoms with Crippen LogP contribution in [-0.4, -0.2) is 38.5 Å². The number of hydrazine groups is 1. The van der Waals surface area contributed by atoms with Gasteiger partial charge < -0.3 is 19.5 Å². The Balaban J connectivity index is 1.53. The van der Waals surface area contributed by atoms with Crippen molar-refractivity contribution in [1.82, 2.24) is 5.43 Å². The van der Waals surface area contributed by atoms with Crippen LogP contribution < -0.4 is 30.0 Å². The highest BCUT2D eigenvalue weighted by Gasteiger charge is 2.34. The van der Waals surface area contributed by atoms with Crippen molar-refractivity contribution in [3.05, 3.63) is 83.4 Å². The molecule has 9 heteroatoms. The van der Waals surface area contributed by atoms with E-state index in [9.17, 15) is 14.4 Å². The number of hydrogen-bond donors (Lipinski definition) is 2. The Kier molecular flexibility index (Phi) is 7.20. The van der Waals surface area contributed by atoms with Gasteiger partial charge in [-0.25, -0.2) is 5.01 Å². The van der Waals surface area contributed by atoms with Gasteiger partial charge in [-0.2, -0.15) is 0 Å². The molecule has 9 nitrogen and oxygen atoms in total. The highest BCUT2D eigenvalue weighted by atomic mass is 16.5. The fourth-order valence-corrected chi connectivity index (χ4v) is 3.58. The number of benzene rings is 3. The van der Waals surface area contributed by atoms with Gasteiger partial charge in [0.25, 0.3) is 17.7 Å². The summed E-state index contributed by atoms with van der Waals surface area (Å²) in [7, 11) is 2.88. The van der Waals surface area contributed by atoms with Crippen LogP contribution in [0.15, 0.2) is 72.3 Å². The normalized spacial score (nSPS) is 14.0. The molecule has 0 saturated carbocycles. The summed E-state index contributed by atoms with van der Waals surface area (Å²) in [4.78, 5) is 37.8. The number of methoxy groups -OCH3 is 2. The summed E-state index contributed by atoms with van der Waals surface area (Å²) in [6.45, 7) is 1.68. The molecule has 3 aromatic rings. The number of nitrogens with zero attached hydrogens (tertiary/aromatic N) is 1. The van der Waals surface area contributed by atoms with Crippen molar-refractivity contribution in [3.63, 3.8) is 0 Å². The van der Waals surface area contributed by atoms with E-state index >= 15 is 0 Å². The molecular weight excluding hydrogens is 462 g/mol. The van der Waals surface area contributed by atoms with Crippen LogP contribution in [-0.2, 0) is 14.4 Å². The maximum Gasteiger partial charge on any atom is 0.282 e. The first-order chi connectivity index (χ1) is 17.4. The predicted octanol–water partition coefficient (Wildman–Crippen LogP) is 3.49. The molecule has 0 bridgehead atoms. The topological polar surface area (TPSA) is 106 Å². The lowest BCUT2D eigenvalue weighted by Gasteiger charge is -2.15. The van der Waals surface area contributed by atoms with Crippen LogP contribution in [0.3, 0.4) is 0 Å². The zero-order valence-electron chi connectivity index (χ0n) is 20.0. The number of ether oxygens (including phenoxy) is 3. The van der Waals surface area contributed by atoms with Gasteiger partial charge >= 0.3 is 0 Å². The maximum absolute atomic E-state index is 12.9. The third-order valence-electron chi connectivity index (χ3n) is 5.38. The molecule has 3 aromatic carbocycles. The summed E-state index contributed by atoms with van der Waals surface area (Å²) in [6.07, 6.45) is 1.44. The minimum atomic E-state index is -0.533. The van der Waals surface area contributed by atoms with Crippen LogP contribution >= 0.6 is 0 Å². The van der Waals surface area contributed by atoms with Gasteiger partial charge in [-0.3, -0.25) is 19.8 Å². The lowest BCUT2D eigenvalue weighted by Crippen LogP contribution is -2.35. The lowest BCUT2D eigenvalue weighted by molar-refractivity contribution is -0.118. The Morgan fingerprint density at radius 2 is 1.61 bits per heavy atom. The molecule has 4 rings (SSSR count). The van der Waals surface area contributed by atoms with Crippen LogP contribution in [0.1, 0.15) is 11.1 Å². The Morgan fingerprint density at radius 1 is 0.972 bits per heavy atom. The van der Waals surface area contributed by atoms with E-state index in [1.165, 1.54) is 25.3 Å². The summed E-state index contributed by atoms with van der Waals surface area (Å²) in [6, 6.07) is 19.4. The smallest absolute Gasteiger partial charge is 0.282 e. The van der Waals surface area contributed by atoms with Gasteiger partial charge in [-0.15, -0.1) is 0 Å². The van der Waals surface area contributed by atoms with Gasteiger partial charge in [0.1, 0.15) is 5.57 Å². The summed E-state index contributed by atoms with van der Waals surface area (Å²) in [5.74, 6) is -0.616. The van der Waals surface area contributed by atoms with E-state index in [1.807, 2.05) is 25.1 Å². The molecule has 0 unspecified atom stereocenters. The number of carbonyl (C=O) groups excluding carboxylic acids is 3. The Labute approximate surface area is 208 Å². The molecular formula is C27H25N3O6. The van der Waals surface area contributed by atoms with E-state index in [1.54, 1.807) is 48.5 Å². The second-order valence-electron chi connectivity index (χ2n) is 7.93. The van der Waals surface area contributed by atoms with Crippen molar-refractivity contribution >= 4 is 35.2 Å². The van der Waals surface area contributed by atoms with E-state index in [0.29, 0.717) is 16.9 Å². The number of para-hydroxylation sites is 1. The largest absolute Gasteiger partial charge is 0.493 e. The Hall–Kier alpha value is -4.79. The average molecular weight is 488 g/mol. The number of amides is 3. The molecule has 0 aliphatic carbocycles. The molecule has 184 valence electrons. The highest BCUT2D eigenvalue weighted by Crippen LogP contribution is 2.39. The van der Waals surface area contributed by atoms with Gasteiger partial charge in [0.05, 0.1) is 19.9 Å². The van der Waals surface area contributed by atoms with Crippen molar-refractivity contribution in [3.8, 4) is 17.2 Å². The molecule has 36 heavy (non-hydrogen) atoms. The van der Waals surface area contributed by atoms with E-state index < -0.39 is 11.8 Å². The monoisotopic (exact) mass is 487 g/mol. The number of nitrogens with one attached hydrogen (secondary N) is 2. The minimum Gasteiger partial charge on any atom is -0.493 e. The number of carbonyl (C=O) groups is 3. The molecule has 1 saturated heterocycles. The second-order valence-corrected chi connectivity index (χ2v) is 7.93. The molecule has 1 aliphatic rings. The van der Waals surface area contributed by atoms with Crippen LogP contribution in [0.4, 0.5) is 11.4 Å². The zero-order chi connectivity index (χ0) is 25.7. The molecule has 1 heterocycles. The average Bonchev–Trinajstić information content (AvgIpc) is 3.17. The molecule has 1 fully saturated rings. The molecule has 0 aromatic heterocycles. The molecule has 0 radical (unpaired) electrons. The first-order valence-electron chi connectivity index (χ1n) is 11.1. The number of rotatable bonds is 8. The van der Waals surface area contributed by atoms with Crippen molar-refractivity contribution < 1.29 is 28.6 Å². The second kappa shape index (κ2) is 10.6. The molecule has 0 atom stereocenters. The molecule has 1 aliphatic heterocycles. The Bertz CT molecular complexity index is 1290. The number of anilines is 2. The Morgan fingerprint density at radius 3 is 2.22 bits per heavy atom. The van der Waals surface area contributed by atoms with Gasteiger partial charge in [-0.05, 0) is 55.0 Å². The standard InChI is InChI=1S/C27H25N3O6/c1-17-9-11-19(12-10-17)28-24(31)16-36-25-22(34-2)14-18(15-23(25)35-3)13-21-26(32)29-30(27(21)33)20-7-5-4-6-8-20/h4-15H,16H2,1-3H3,(H,28,31)(H,29,32)/b21-13-. The zero-order valence-corrected chi connectivity index (χ0v) is 20.0. The van der Waals surface area contributed by atoms with E-state index in [2.05, 4.69) is 10.7 Å². The van der Waals surface area contributed by atoms with Crippen LogP contribution in [0.5, 0.6) is 17.2 Å². The van der Waals surface area contributed by atoms with E-state index in [4.69, 9.17) is 14.2 Å². The predicted molar refractivity (Wildman–Crippen MR) is 135 cm³/mol. The van der Waals surface area contributed by atoms with Crippen LogP contribution in [0.25, 0.3) is 6.08 Å². The van der Waals surface area contributed by atoms with Gasteiger partial charge in [-0.1, -0.05) is 35.9 Å². The number of hydrogen-bond acceptors (Lipinski definition) is 6. The third-order valence-corrected chi connectivity index (χ3v) is 5.38. The van der Waals surface area contributed by atoms with Gasteiger partial charge in [0.2, 0.25) is 5.75 Å². The van der Waals surface area contributed by atoms with Crippen molar-refractivity contribution in [1.29, 1.82) is 0 Å². The lowest BCUT2D eigenvalue weighted by atomic mass is 10.1. The summed E-state index contributed by atoms with van der Waals surface area (Å²) in [5, 5.41) is 3.95. The van der Waals surface area contributed by atoms with Crippen molar-refractivity contribution in [2.45, 2.75) is 6.92 Å². The summed E-state index contributed by atoms with van der Waals surface area (Å²) < 4.78 is 16.6.